The highest BCUT2D eigenvalue weighted by molar-refractivity contribution is 5.90. The summed E-state index contributed by atoms with van der Waals surface area (Å²) in [6.45, 7) is 0.696. The smallest absolute Gasteiger partial charge is 0.163 e. The van der Waals surface area contributed by atoms with Gasteiger partial charge in [0.15, 0.2) is 5.82 Å². The number of fused-ring (bicyclic) bond motifs is 1. The van der Waals surface area contributed by atoms with Crippen molar-refractivity contribution in [2.24, 2.45) is 0 Å². The molecule has 2 aromatic heterocycles. The molecule has 0 bridgehead atoms. The molecule has 2 heterocycles. The molecule has 30 heavy (non-hydrogen) atoms. The Balaban J connectivity index is 0.00000150. The molecular formula is C22H24Cl3N5. The normalized spacial score (nSPS) is 9.67. The van der Waals surface area contributed by atoms with Crippen molar-refractivity contribution in [2.45, 2.75) is 6.54 Å². The van der Waals surface area contributed by atoms with Gasteiger partial charge in [0.2, 0.25) is 0 Å². The molecular weight excluding hydrogens is 441 g/mol. The van der Waals surface area contributed by atoms with E-state index < -0.39 is 0 Å². The monoisotopic (exact) mass is 463 g/mol. The minimum absolute atomic E-state index is 0. The Morgan fingerprint density at radius 2 is 1.57 bits per heavy atom. The summed E-state index contributed by atoms with van der Waals surface area (Å²) in [6, 6.07) is 20.4. The summed E-state index contributed by atoms with van der Waals surface area (Å²) >= 11 is 0. The topological polar surface area (TPSA) is 53.9 Å². The number of nitrogens with one attached hydrogen (secondary N) is 1. The van der Waals surface area contributed by atoms with Crippen LogP contribution in [0.4, 0.5) is 11.5 Å². The van der Waals surface area contributed by atoms with E-state index in [1.165, 1.54) is 11.3 Å². The van der Waals surface area contributed by atoms with Crippen LogP contribution in [0, 0.1) is 0 Å². The zero-order chi connectivity index (χ0) is 18.6. The third kappa shape index (κ3) is 5.72. The number of pyridine rings is 1. The fourth-order valence-electron chi connectivity index (χ4n) is 2.93. The van der Waals surface area contributed by atoms with E-state index in [1.807, 2.05) is 50.5 Å². The molecule has 0 aliphatic heterocycles. The number of aromatic nitrogens is 3. The lowest BCUT2D eigenvalue weighted by molar-refractivity contribution is 1.09. The SMILES string of the molecule is CN(C)c1ccc(CNc2nc(-c3cccnc3)nc3ccccc23)cc1.Cl.Cl.Cl. The predicted octanol–water partition coefficient (Wildman–Crippen LogP) is 5.64. The molecule has 0 aliphatic carbocycles. The lowest BCUT2D eigenvalue weighted by Crippen LogP contribution is -2.09. The maximum Gasteiger partial charge on any atom is 0.163 e. The van der Waals surface area contributed by atoms with Gasteiger partial charge in [-0.15, -0.1) is 37.2 Å². The number of halogens is 3. The van der Waals surface area contributed by atoms with Crippen LogP contribution < -0.4 is 10.2 Å². The molecule has 0 atom stereocenters. The van der Waals surface area contributed by atoms with Crippen LogP contribution in [-0.4, -0.2) is 29.0 Å². The third-order valence-corrected chi connectivity index (χ3v) is 4.44. The molecule has 4 rings (SSSR count). The molecule has 0 amide bonds. The number of benzene rings is 2. The van der Waals surface area contributed by atoms with Gasteiger partial charge in [0.25, 0.3) is 0 Å². The van der Waals surface area contributed by atoms with E-state index in [0.717, 1.165) is 22.3 Å². The van der Waals surface area contributed by atoms with Crippen molar-refractivity contribution in [3.8, 4) is 11.4 Å². The fraction of sp³-hybridized carbons (Fsp3) is 0.136. The van der Waals surface area contributed by atoms with Gasteiger partial charge in [0.05, 0.1) is 5.52 Å². The molecule has 0 aliphatic rings. The van der Waals surface area contributed by atoms with Crippen LogP contribution in [0.15, 0.2) is 73.1 Å². The Morgan fingerprint density at radius 1 is 0.833 bits per heavy atom. The van der Waals surface area contributed by atoms with Crippen LogP contribution in [-0.2, 0) is 6.54 Å². The van der Waals surface area contributed by atoms with Gasteiger partial charge >= 0.3 is 0 Å². The van der Waals surface area contributed by atoms with Crippen molar-refractivity contribution in [1.82, 2.24) is 15.0 Å². The van der Waals surface area contributed by atoms with E-state index >= 15 is 0 Å². The van der Waals surface area contributed by atoms with Gasteiger partial charge in [-0.25, -0.2) is 9.97 Å². The minimum Gasteiger partial charge on any atom is -0.378 e. The first-order valence-corrected chi connectivity index (χ1v) is 8.88. The molecule has 0 spiro atoms. The standard InChI is InChI=1S/C22H21N5.3ClH/c1-27(2)18-11-9-16(10-12-18)14-24-22-19-7-3-4-8-20(19)25-21(26-22)17-6-5-13-23-15-17;;;/h3-13,15H,14H2,1-2H3,(H,24,25,26);3*1H. The zero-order valence-corrected chi connectivity index (χ0v) is 19.1. The molecule has 0 fully saturated rings. The van der Waals surface area contributed by atoms with Crippen LogP contribution in [0.2, 0.25) is 0 Å². The van der Waals surface area contributed by atoms with Crippen molar-refractivity contribution in [2.75, 3.05) is 24.3 Å². The molecule has 8 heteroatoms. The molecule has 0 unspecified atom stereocenters. The largest absolute Gasteiger partial charge is 0.378 e. The van der Waals surface area contributed by atoms with E-state index in [-0.39, 0.29) is 37.2 Å². The number of rotatable bonds is 5. The molecule has 158 valence electrons. The molecule has 2 aromatic carbocycles. The third-order valence-electron chi connectivity index (χ3n) is 4.44. The van der Waals surface area contributed by atoms with Crippen LogP contribution >= 0.6 is 37.2 Å². The van der Waals surface area contributed by atoms with Crippen molar-refractivity contribution in [3.63, 3.8) is 0 Å². The summed E-state index contributed by atoms with van der Waals surface area (Å²) < 4.78 is 0. The number of anilines is 2. The van der Waals surface area contributed by atoms with Gasteiger partial charge in [-0.05, 0) is 42.0 Å². The average molecular weight is 465 g/mol. The molecule has 1 N–H and O–H groups in total. The summed E-state index contributed by atoms with van der Waals surface area (Å²) in [5.41, 5.74) is 4.20. The van der Waals surface area contributed by atoms with Crippen LogP contribution in [0.3, 0.4) is 0 Å². The highest BCUT2D eigenvalue weighted by Gasteiger charge is 2.09. The zero-order valence-electron chi connectivity index (χ0n) is 16.6. The number of hydrogen-bond acceptors (Lipinski definition) is 5. The number of hydrogen-bond donors (Lipinski definition) is 1. The van der Waals surface area contributed by atoms with E-state index in [4.69, 9.17) is 9.97 Å². The lowest BCUT2D eigenvalue weighted by Gasteiger charge is -2.14. The van der Waals surface area contributed by atoms with Crippen LogP contribution in [0.1, 0.15) is 5.56 Å². The first kappa shape index (κ1) is 25.4. The van der Waals surface area contributed by atoms with Crippen molar-refractivity contribution >= 4 is 59.6 Å². The summed E-state index contributed by atoms with van der Waals surface area (Å²) in [7, 11) is 4.08. The predicted molar refractivity (Wildman–Crippen MR) is 133 cm³/mol. The lowest BCUT2D eigenvalue weighted by atomic mass is 10.2. The van der Waals surface area contributed by atoms with Crippen LogP contribution in [0.25, 0.3) is 22.3 Å². The van der Waals surface area contributed by atoms with Gasteiger partial charge in [0, 0.05) is 49.7 Å². The van der Waals surface area contributed by atoms with Crippen molar-refractivity contribution < 1.29 is 0 Å². The van der Waals surface area contributed by atoms with E-state index in [0.29, 0.717) is 12.4 Å². The summed E-state index contributed by atoms with van der Waals surface area (Å²) in [5.74, 6) is 1.50. The molecule has 4 aromatic rings. The summed E-state index contributed by atoms with van der Waals surface area (Å²) in [5, 5.41) is 4.49. The Morgan fingerprint density at radius 3 is 2.23 bits per heavy atom. The highest BCUT2D eigenvalue weighted by Crippen LogP contribution is 2.25. The van der Waals surface area contributed by atoms with Gasteiger partial charge in [-0.2, -0.15) is 0 Å². The Kier molecular flexibility index (Phi) is 9.79. The van der Waals surface area contributed by atoms with Gasteiger partial charge in [0.1, 0.15) is 5.82 Å². The molecule has 5 nitrogen and oxygen atoms in total. The average Bonchev–Trinajstić information content (AvgIpc) is 2.72. The van der Waals surface area contributed by atoms with E-state index in [1.54, 1.807) is 12.4 Å². The second-order valence-electron chi connectivity index (χ2n) is 6.57. The first-order valence-electron chi connectivity index (χ1n) is 8.88. The summed E-state index contributed by atoms with van der Waals surface area (Å²) in [4.78, 5) is 15.7. The Bertz CT molecular complexity index is 1060. The van der Waals surface area contributed by atoms with Gasteiger partial charge < -0.3 is 10.2 Å². The minimum atomic E-state index is 0. The highest BCUT2D eigenvalue weighted by atomic mass is 35.5. The quantitative estimate of drug-likeness (QED) is 0.414. The van der Waals surface area contributed by atoms with Gasteiger partial charge in [-0.1, -0.05) is 24.3 Å². The van der Waals surface area contributed by atoms with Crippen molar-refractivity contribution in [3.05, 3.63) is 78.6 Å². The fourth-order valence-corrected chi connectivity index (χ4v) is 2.93. The first-order chi connectivity index (χ1) is 13.2. The Labute approximate surface area is 195 Å². The van der Waals surface area contributed by atoms with Crippen LogP contribution in [0.5, 0.6) is 0 Å². The second-order valence-corrected chi connectivity index (χ2v) is 6.57. The van der Waals surface area contributed by atoms with Crippen molar-refractivity contribution in [1.29, 1.82) is 0 Å². The molecule has 0 radical (unpaired) electrons. The van der Waals surface area contributed by atoms with E-state index in [9.17, 15) is 0 Å². The number of nitrogens with zero attached hydrogens (tertiary/aromatic N) is 4. The second kappa shape index (κ2) is 11.6. The maximum atomic E-state index is 4.76. The molecule has 0 saturated carbocycles. The van der Waals surface area contributed by atoms with E-state index in [2.05, 4.69) is 39.5 Å². The van der Waals surface area contributed by atoms with Gasteiger partial charge in [-0.3, -0.25) is 4.98 Å². The Hall–Kier alpha value is -2.60. The molecule has 0 saturated heterocycles. The summed E-state index contributed by atoms with van der Waals surface area (Å²) in [6.07, 6.45) is 3.54. The maximum absolute atomic E-state index is 4.76. The number of para-hydroxylation sites is 1.